The van der Waals surface area contributed by atoms with Gasteiger partial charge in [-0.25, -0.2) is 9.07 Å². The van der Waals surface area contributed by atoms with Crippen molar-refractivity contribution in [3.8, 4) is 11.8 Å². The molecule has 0 radical (unpaired) electrons. The van der Waals surface area contributed by atoms with Gasteiger partial charge in [0.1, 0.15) is 5.82 Å². The molecule has 3 aromatic rings. The van der Waals surface area contributed by atoms with E-state index in [1.807, 2.05) is 6.92 Å². The van der Waals surface area contributed by atoms with Gasteiger partial charge in [0, 0.05) is 17.3 Å². The summed E-state index contributed by atoms with van der Waals surface area (Å²) in [6.45, 7) is 1.98. The standard InChI is InChI=1S/C19H15FN4O/c1-2-16-11-18(22-19(25)14-4-3-5-15(20)10-14)23-24(16)17-8-6-13(12-21)7-9-17/h3-11H,2H2,1H3,(H,22,23,25). The summed E-state index contributed by atoms with van der Waals surface area (Å²) >= 11 is 0. The second-order valence-electron chi connectivity index (χ2n) is 5.41. The van der Waals surface area contributed by atoms with E-state index in [1.165, 1.54) is 24.3 Å². The lowest BCUT2D eigenvalue weighted by atomic mass is 10.2. The van der Waals surface area contributed by atoms with E-state index in [1.54, 1.807) is 35.0 Å². The number of anilines is 1. The van der Waals surface area contributed by atoms with E-state index in [0.717, 1.165) is 11.4 Å². The first kappa shape index (κ1) is 16.4. The zero-order valence-electron chi connectivity index (χ0n) is 13.5. The van der Waals surface area contributed by atoms with Crippen molar-refractivity contribution in [2.75, 3.05) is 5.32 Å². The molecule has 0 spiro atoms. The summed E-state index contributed by atoms with van der Waals surface area (Å²) in [5, 5.41) is 16.0. The summed E-state index contributed by atoms with van der Waals surface area (Å²) in [5.41, 5.74) is 2.49. The van der Waals surface area contributed by atoms with Crippen LogP contribution in [0.5, 0.6) is 0 Å². The Kier molecular flexibility index (Phi) is 4.57. The van der Waals surface area contributed by atoms with Crippen LogP contribution in [0.15, 0.2) is 54.6 Å². The van der Waals surface area contributed by atoms with Gasteiger partial charge in [-0.1, -0.05) is 13.0 Å². The summed E-state index contributed by atoms with van der Waals surface area (Å²) in [7, 11) is 0. The molecule has 0 bridgehead atoms. The molecule has 1 N–H and O–H groups in total. The molecule has 0 unspecified atom stereocenters. The maximum absolute atomic E-state index is 13.2. The van der Waals surface area contributed by atoms with Crippen LogP contribution in [-0.2, 0) is 6.42 Å². The van der Waals surface area contributed by atoms with Crippen LogP contribution in [0.4, 0.5) is 10.2 Å². The van der Waals surface area contributed by atoms with Gasteiger partial charge in [-0.3, -0.25) is 4.79 Å². The highest BCUT2D eigenvalue weighted by Gasteiger charge is 2.12. The van der Waals surface area contributed by atoms with Crippen molar-refractivity contribution in [1.82, 2.24) is 9.78 Å². The highest BCUT2D eigenvalue weighted by Crippen LogP contribution is 2.18. The number of halogens is 1. The minimum atomic E-state index is -0.468. The van der Waals surface area contributed by atoms with Crippen molar-refractivity contribution < 1.29 is 9.18 Å². The molecule has 1 amide bonds. The van der Waals surface area contributed by atoms with Crippen molar-refractivity contribution >= 4 is 11.7 Å². The van der Waals surface area contributed by atoms with Crippen LogP contribution >= 0.6 is 0 Å². The number of hydrogen-bond acceptors (Lipinski definition) is 3. The highest BCUT2D eigenvalue weighted by atomic mass is 19.1. The van der Waals surface area contributed by atoms with Crippen LogP contribution in [0.3, 0.4) is 0 Å². The van der Waals surface area contributed by atoms with E-state index in [4.69, 9.17) is 5.26 Å². The normalized spacial score (nSPS) is 10.3. The lowest BCUT2D eigenvalue weighted by Gasteiger charge is -2.05. The largest absolute Gasteiger partial charge is 0.305 e. The Morgan fingerprint density at radius 3 is 2.64 bits per heavy atom. The van der Waals surface area contributed by atoms with Crippen molar-refractivity contribution in [2.45, 2.75) is 13.3 Å². The van der Waals surface area contributed by atoms with Crippen LogP contribution in [-0.4, -0.2) is 15.7 Å². The number of hydrogen-bond donors (Lipinski definition) is 1. The van der Waals surface area contributed by atoms with Gasteiger partial charge in [0.2, 0.25) is 0 Å². The summed E-state index contributed by atoms with van der Waals surface area (Å²) in [6, 6.07) is 16.3. The Labute approximate surface area is 144 Å². The van der Waals surface area contributed by atoms with E-state index >= 15 is 0 Å². The minimum absolute atomic E-state index is 0.228. The van der Waals surface area contributed by atoms with Gasteiger partial charge in [0.25, 0.3) is 5.91 Å². The molecule has 6 heteroatoms. The number of nitriles is 1. The van der Waals surface area contributed by atoms with Crippen LogP contribution in [0.25, 0.3) is 5.69 Å². The SMILES string of the molecule is CCc1cc(NC(=O)c2cccc(F)c2)nn1-c1ccc(C#N)cc1. The monoisotopic (exact) mass is 334 g/mol. The number of aryl methyl sites for hydroxylation is 1. The second kappa shape index (κ2) is 6.97. The third-order valence-electron chi connectivity index (χ3n) is 3.71. The fraction of sp³-hybridized carbons (Fsp3) is 0.105. The molecule has 0 saturated heterocycles. The Hall–Kier alpha value is -3.46. The van der Waals surface area contributed by atoms with E-state index in [2.05, 4.69) is 16.5 Å². The molecular formula is C19H15FN4O. The van der Waals surface area contributed by atoms with Crippen molar-refractivity contribution in [2.24, 2.45) is 0 Å². The summed E-state index contributed by atoms with van der Waals surface area (Å²) in [4.78, 5) is 12.2. The third kappa shape index (κ3) is 3.56. The first-order valence-electron chi connectivity index (χ1n) is 7.77. The zero-order chi connectivity index (χ0) is 17.8. The van der Waals surface area contributed by atoms with E-state index in [-0.39, 0.29) is 5.56 Å². The number of carbonyl (C=O) groups is 1. The molecule has 0 fully saturated rings. The average Bonchev–Trinajstić information content (AvgIpc) is 3.04. The van der Waals surface area contributed by atoms with E-state index in [9.17, 15) is 9.18 Å². The molecule has 5 nitrogen and oxygen atoms in total. The summed E-state index contributed by atoms with van der Waals surface area (Å²) in [6.07, 6.45) is 0.711. The van der Waals surface area contributed by atoms with Gasteiger partial charge in [-0.05, 0) is 48.9 Å². The van der Waals surface area contributed by atoms with Gasteiger partial charge in [-0.15, -0.1) is 5.10 Å². The molecule has 25 heavy (non-hydrogen) atoms. The molecule has 2 aromatic carbocycles. The van der Waals surface area contributed by atoms with E-state index in [0.29, 0.717) is 17.8 Å². The quantitative estimate of drug-likeness (QED) is 0.791. The van der Waals surface area contributed by atoms with E-state index < -0.39 is 11.7 Å². The van der Waals surface area contributed by atoms with Crippen molar-refractivity contribution in [3.63, 3.8) is 0 Å². The zero-order valence-corrected chi connectivity index (χ0v) is 13.5. The number of amides is 1. The van der Waals surface area contributed by atoms with Gasteiger partial charge in [0.05, 0.1) is 17.3 Å². The van der Waals surface area contributed by atoms with Crippen molar-refractivity contribution in [1.29, 1.82) is 5.26 Å². The predicted octanol–water partition coefficient (Wildman–Crippen LogP) is 3.70. The van der Waals surface area contributed by atoms with Crippen LogP contribution < -0.4 is 5.32 Å². The minimum Gasteiger partial charge on any atom is -0.305 e. The molecule has 124 valence electrons. The highest BCUT2D eigenvalue weighted by molar-refractivity contribution is 6.03. The van der Waals surface area contributed by atoms with Crippen LogP contribution in [0.2, 0.25) is 0 Å². The Morgan fingerprint density at radius 2 is 2.00 bits per heavy atom. The Bertz CT molecular complexity index is 954. The Morgan fingerprint density at radius 1 is 1.24 bits per heavy atom. The van der Waals surface area contributed by atoms with Gasteiger partial charge >= 0.3 is 0 Å². The molecule has 1 aromatic heterocycles. The van der Waals surface area contributed by atoms with Crippen LogP contribution in [0, 0.1) is 17.1 Å². The molecular weight excluding hydrogens is 319 g/mol. The number of nitrogens with zero attached hydrogens (tertiary/aromatic N) is 3. The summed E-state index contributed by atoms with van der Waals surface area (Å²) in [5.74, 6) is -0.507. The smallest absolute Gasteiger partial charge is 0.256 e. The molecule has 1 heterocycles. The van der Waals surface area contributed by atoms with Crippen molar-refractivity contribution in [3.05, 3.63) is 77.2 Å². The van der Waals surface area contributed by atoms with Crippen LogP contribution in [0.1, 0.15) is 28.5 Å². The maximum atomic E-state index is 13.2. The predicted molar refractivity (Wildman–Crippen MR) is 92.0 cm³/mol. The Balaban J connectivity index is 1.87. The number of rotatable bonds is 4. The lowest BCUT2D eigenvalue weighted by Crippen LogP contribution is -2.12. The first-order chi connectivity index (χ1) is 12.1. The second-order valence-corrected chi connectivity index (χ2v) is 5.41. The molecule has 0 aliphatic carbocycles. The van der Waals surface area contributed by atoms with Gasteiger partial charge in [0.15, 0.2) is 5.82 Å². The topological polar surface area (TPSA) is 70.7 Å². The van der Waals surface area contributed by atoms with Gasteiger partial charge < -0.3 is 5.32 Å². The summed E-state index contributed by atoms with van der Waals surface area (Å²) < 4.78 is 15.0. The maximum Gasteiger partial charge on any atom is 0.256 e. The van der Waals surface area contributed by atoms with Gasteiger partial charge in [-0.2, -0.15) is 5.26 Å². The molecule has 0 atom stereocenters. The number of carbonyl (C=O) groups excluding carboxylic acids is 1. The third-order valence-corrected chi connectivity index (χ3v) is 3.71. The average molecular weight is 334 g/mol. The number of nitrogens with one attached hydrogen (secondary N) is 1. The molecule has 0 saturated carbocycles. The number of aromatic nitrogens is 2. The lowest BCUT2D eigenvalue weighted by molar-refractivity contribution is 0.102. The molecule has 3 rings (SSSR count). The molecule has 0 aliphatic heterocycles. The first-order valence-corrected chi connectivity index (χ1v) is 7.77. The fourth-order valence-corrected chi connectivity index (χ4v) is 2.45. The molecule has 0 aliphatic rings. The fourth-order valence-electron chi connectivity index (χ4n) is 2.45. The number of benzene rings is 2.